The van der Waals surface area contributed by atoms with E-state index in [-0.39, 0.29) is 12.1 Å². The van der Waals surface area contributed by atoms with E-state index in [1.807, 2.05) is 0 Å². The molecule has 1 fully saturated rings. The zero-order valence-electron chi connectivity index (χ0n) is 4.72. The van der Waals surface area contributed by atoms with Crippen molar-refractivity contribution in [3.8, 4) is 0 Å². The van der Waals surface area contributed by atoms with Crippen LogP contribution in [0.2, 0.25) is 0 Å². The van der Waals surface area contributed by atoms with Crippen molar-refractivity contribution < 1.29 is 4.79 Å². The summed E-state index contributed by atoms with van der Waals surface area (Å²) in [4.78, 5) is 10.6. The molecule has 0 saturated carbocycles. The second-order valence-corrected chi connectivity index (χ2v) is 1.89. The molecule has 1 aliphatic rings. The number of rotatable bonds is 0. The van der Waals surface area contributed by atoms with Crippen LogP contribution in [0.5, 0.6) is 0 Å². The Morgan fingerprint density at radius 1 is 2.00 bits per heavy atom. The normalized spacial score (nSPS) is 29.5. The van der Waals surface area contributed by atoms with Crippen LogP contribution in [0.3, 0.4) is 0 Å². The molecule has 1 atom stereocenters. The minimum atomic E-state index is -0.174. The van der Waals surface area contributed by atoms with E-state index in [2.05, 4.69) is 5.43 Å². The molecule has 0 aliphatic carbocycles. The maximum atomic E-state index is 10.6. The van der Waals surface area contributed by atoms with Crippen LogP contribution < -0.4 is 11.2 Å². The van der Waals surface area contributed by atoms with Crippen molar-refractivity contribution in [3.05, 3.63) is 0 Å². The molecule has 0 aromatic carbocycles. The van der Waals surface area contributed by atoms with E-state index >= 15 is 0 Å². The highest BCUT2D eigenvalue weighted by Crippen LogP contribution is 1.97. The van der Waals surface area contributed by atoms with E-state index < -0.39 is 0 Å². The van der Waals surface area contributed by atoms with E-state index in [1.165, 1.54) is 5.01 Å². The number of hydrogen-bond acceptors (Lipinski definition) is 3. The van der Waals surface area contributed by atoms with Crippen molar-refractivity contribution in [3.63, 3.8) is 0 Å². The Labute approximate surface area is 47.6 Å². The summed E-state index contributed by atoms with van der Waals surface area (Å²) in [6, 6.07) is 0. The molecule has 1 heterocycles. The smallest absolute Gasteiger partial charge is 0.239 e. The van der Waals surface area contributed by atoms with Crippen LogP contribution in [-0.2, 0) is 4.79 Å². The molecule has 1 amide bonds. The zero-order valence-corrected chi connectivity index (χ0v) is 4.72. The van der Waals surface area contributed by atoms with Crippen molar-refractivity contribution in [1.82, 2.24) is 10.4 Å². The molecule has 1 unspecified atom stereocenters. The molecule has 1 aliphatic heterocycles. The summed E-state index contributed by atoms with van der Waals surface area (Å²) in [6.45, 7) is 0. The maximum Gasteiger partial charge on any atom is 0.239 e. The summed E-state index contributed by atoms with van der Waals surface area (Å²) in [6.07, 6.45) is 0.240. The Morgan fingerprint density at radius 2 is 2.62 bits per heavy atom. The largest absolute Gasteiger partial charge is 0.314 e. The first kappa shape index (κ1) is 5.53. The van der Waals surface area contributed by atoms with Gasteiger partial charge >= 0.3 is 0 Å². The minimum absolute atomic E-state index is 0.0532. The van der Waals surface area contributed by atoms with Crippen LogP contribution >= 0.6 is 0 Å². The number of hydrogen-bond donors (Lipinski definition) is 2. The third-order valence-electron chi connectivity index (χ3n) is 1.13. The number of hydrazine groups is 1. The van der Waals surface area contributed by atoms with E-state index in [9.17, 15) is 4.79 Å². The molecule has 8 heavy (non-hydrogen) atoms. The fourth-order valence-corrected chi connectivity index (χ4v) is 0.691. The van der Waals surface area contributed by atoms with Gasteiger partial charge in [-0.05, 0) is 0 Å². The van der Waals surface area contributed by atoms with Crippen molar-refractivity contribution >= 4 is 5.91 Å². The first-order valence-corrected chi connectivity index (χ1v) is 2.48. The first-order chi connectivity index (χ1) is 3.70. The lowest BCUT2D eigenvalue weighted by atomic mass is 10.4. The standard InChI is InChI=1S/C4H9N3O/c1-7-4(8)2-3(5)6-7/h3,6H,2,5H2,1H3. The number of carbonyl (C=O) groups is 1. The summed E-state index contributed by atoms with van der Waals surface area (Å²) in [5.74, 6) is 0.0532. The Balaban J connectivity index is 2.51. The molecule has 46 valence electrons. The summed E-state index contributed by atoms with van der Waals surface area (Å²) in [5, 5.41) is 1.41. The Bertz CT molecular complexity index is 114. The zero-order chi connectivity index (χ0) is 6.15. The molecular formula is C4H9N3O. The molecule has 0 aromatic heterocycles. The third-order valence-corrected chi connectivity index (χ3v) is 1.13. The number of nitrogens with two attached hydrogens (primary N) is 1. The quantitative estimate of drug-likeness (QED) is 0.410. The summed E-state index contributed by atoms with van der Waals surface area (Å²) in [5.41, 5.74) is 8.07. The van der Waals surface area contributed by atoms with Gasteiger partial charge in [0.25, 0.3) is 0 Å². The SMILES string of the molecule is CN1NC(N)CC1=O. The van der Waals surface area contributed by atoms with Crippen LogP contribution in [0.1, 0.15) is 6.42 Å². The highest BCUT2D eigenvalue weighted by Gasteiger charge is 2.21. The highest BCUT2D eigenvalue weighted by atomic mass is 16.2. The molecule has 0 radical (unpaired) electrons. The number of nitrogens with one attached hydrogen (secondary N) is 1. The second kappa shape index (κ2) is 1.72. The molecule has 0 aromatic rings. The van der Waals surface area contributed by atoms with Crippen molar-refractivity contribution in [2.45, 2.75) is 12.6 Å². The monoisotopic (exact) mass is 115 g/mol. The average Bonchev–Trinajstić information content (AvgIpc) is 1.85. The number of carbonyl (C=O) groups excluding carboxylic acids is 1. The van der Waals surface area contributed by atoms with E-state index in [4.69, 9.17) is 5.73 Å². The summed E-state index contributed by atoms with van der Waals surface area (Å²) < 4.78 is 0. The molecule has 0 bridgehead atoms. The van der Waals surface area contributed by atoms with Gasteiger partial charge in [0.15, 0.2) is 0 Å². The fraction of sp³-hybridized carbons (Fsp3) is 0.750. The van der Waals surface area contributed by atoms with Gasteiger partial charge in [-0.3, -0.25) is 9.80 Å². The van der Waals surface area contributed by atoms with Crippen LogP contribution in [0.4, 0.5) is 0 Å². The first-order valence-electron chi connectivity index (χ1n) is 2.48. The lowest BCUT2D eigenvalue weighted by Crippen LogP contribution is -2.38. The van der Waals surface area contributed by atoms with Crippen molar-refractivity contribution in [2.75, 3.05) is 7.05 Å². The van der Waals surface area contributed by atoms with Gasteiger partial charge in [-0.25, -0.2) is 5.43 Å². The van der Waals surface area contributed by atoms with Crippen molar-refractivity contribution in [1.29, 1.82) is 0 Å². The van der Waals surface area contributed by atoms with E-state index in [1.54, 1.807) is 7.05 Å². The average molecular weight is 115 g/mol. The summed E-state index contributed by atoms with van der Waals surface area (Å²) in [7, 11) is 1.66. The number of nitrogens with zero attached hydrogens (tertiary/aromatic N) is 1. The lowest BCUT2D eigenvalue weighted by molar-refractivity contribution is -0.128. The molecule has 1 saturated heterocycles. The predicted octanol–water partition coefficient (Wildman–Crippen LogP) is -1.36. The Hall–Kier alpha value is -0.610. The topological polar surface area (TPSA) is 58.4 Å². The van der Waals surface area contributed by atoms with Gasteiger partial charge in [0.05, 0.1) is 12.6 Å². The van der Waals surface area contributed by atoms with Gasteiger partial charge in [-0.15, -0.1) is 0 Å². The van der Waals surface area contributed by atoms with E-state index in [0.29, 0.717) is 6.42 Å². The Morgan fingerprint density at radius 3 is 2.75 bits per heavy atom. The molecule has 0 spiro atoms. The maximum absolute atomic E-state index is 10.6. The minimum Gasteiger partial charge on any atom is -0.314 e. The van der Waals surface area contributed by atoms with Crippen LogP contribution in [-0.4, -0.2) is 24.1 Å². The van der Waals surface area contributed by atoms with Gasteiger partial charge in [0, 0.05) is 7.05 Å². The van der Waals surface area contributed by atoms with Crippen molar-refractivity contribution in [2.24, 2.45) is 5.73 Å². The van der Waals surface area contributed by atoms with Crippen LogP contribution in [0.15, 0.2) is 0 Å². The predicted molar refractivity (Wildman–Crippen MR) is 28.5 cm³/mol. The fourth-order valence-electron chi connectivity index (χ4n) is 0.691. The molecule has 4 nitrogen and oxygen atoms in total. The van der Waals surface area contributed by atoms with Crippen LogP contribution in [0, 0.1) is 0 Å². The van der Waals surface area contributed by atoms with Gasteiger partial charge in [0.2, 0.25) is 5.91 Å². The van der Waals surface area contributed by atoms with Gasteiger partial charge in [-0.2, -0.15) is 0 Å². The lowest BCUT2D eigenvalue weighted by Gasteiger charge is -2.07. The summed E-state index contributed by atoms with van der Waals surface area (Å²) >= 11 is 0. The van der Waals surface area contributed by atoms with Crippen LogP contribution in [0.25, 0.3) is 0 Å². The van der Waals surface area contributed by atoms with E-state index in [0.717, 1.165) is 0 Å². The highest BCUT2D eigenvalue weighted by molar-refractivity contribution is 5.77. The van der Waals surface area contributed by atoms with Gasteiger partial charge in [0.1, 0.15) is 0 Å². The molecule has 4 heteroatoms. The second-order valence-electron chi connectivity index (χ2n) is 1.89. The molecule has 1 rings (SSSR count). The molecular weight excluding hydrogens is 106 g/mol. The Kier molecular flexibility index (Phi) is 1.19. The van der Waals surface area contributed by atoms with Gasteiger partial charge < -0.3 is 5.73 Å². The third kappa shape index (κ3) is 0.801. The number of amides is 1. The molecule has 3 N–H and O–H groups in total. The van der Waals surface area contributed by atoms with Gasteiger partial charge in [-0.1, -0.05) is 0 Å².